The van der Waals surface area contributed by atoms with Crippen LogP contribution in [0, 0.1) is 11.3 Å². The molecule has 2 rings (SSSR count). The van der Waals surface area contributed by atoms with Gasteiger partial charge in [-0.15, -0.1) is 0 Å². The smallest absolute Gasteiger partial charge is 0.239 e. The summed E-state index contributed by atoms with van der Waals surface area (Å²) >= 11 is 0. The van der Waals surface area contributed by atoms with E-state index in [1.54, 1.807) is 0 Å². The van der Waals surface area contributed by atoms with Crippen molar-refractivity contribution in [2.75, 3.05) is 31.1 Å². The molecular weight excluding hydrogens is 386 g/mol. The summed E-state index contributed by atoms with van der Waals surface area (Å²) in [5.74, 6) is 1.40. The van der Waals surface area contributed by atoms with Crippen LogP contribution in [-0.4, -0.2) is 49.1 Å². The van der Waals surface area contributed by atoms with Gasteiger partial charge >= 0.3 is 0 Å². The van der Waals surface area contributed by atoms with Crippen LogP contribution >= 0.6 is 0 Å². The first-order chi connectivity index (χ1) is 14.5. The van der Waals surface area contributed by atoms with Crippen LogP contribution in [0.15, 0.2) is 35.9 Å². The standard InChI is InChI=1S/C26H43N3O2/c1-19(2)12-15-29(21-8-10-23(11-9-21)31-18-26(5,6)7)22-13-14-28(17-22)25(30)24(27)16-20(3)4/h8-12,20,22,24H,13-18,27H2,1-7H3. The van der Waals surface area contributed by atoms with Crippen molar-refractivity contribution < 1.29 is 9.53 Å². The molecule has 1 aliphatic rings. The molecule has 0 bridgehead atoms. The monoisotopic (exact) mass is 429 g/mol. The number of benzene rings is 1. The normalized spacial score (nSPS) is 17.6. The summed E-state index contributed by atoms with van der Waals surface area (Å²) in [4.78, 5) is 17.2. The molecule has 1 aliphatic heterocycles. The third kappa shape index (κ3) is 8.21. The average Bonchev–Trinajstić information content (AvgIpc) is 3.15. The van der Waals surface area contributed by atoms with Gasteiger partial charge in [0.2, 0.25) is 5.91 Å². The fourth-order valence-electron chi connectivity index (χ4n) is 3.82. The van der Waals surface area contributed by atoms with Crippen LogP contribution in [-0.2, 0) is 4.79 Å². The predicted octanol–water partition coefficient (Wildman–Crippen LogP) is 4.86. The van der Waals surface area contributed by atoms with E-state index in [-0.39, 0.29) is 17.4 Å². The molecule has 1 aromatic rings. The summed E-state index contributed by atoms with van der Waals surface area (Å²) in [5, 5.41) is 0. The first kappa shape index (κ1) is 25.3. The largest absolute Gasteiger partial charge is 0.493 e. The van der Waals surface area contributed by atoms with E-state index in [1.807, 2.05) is 17.0 Å². The maximum absolute atomic E-state index is 12.8. The molecular formula is C26H43N3O2. The summed E-state index contributed by atoms with van der Waals surface area (Å²) < 4.78 is 5.94. The van der Waals surface area contributed by atoms with Crippen molar-refractivity contribution in [1.82, 2.24) is 4.90 Å². The number of hydrogen-bond acceptors (Lipinski definition) is 4. The molecule has 2 N–H and O–H groups in total. The zero-order valence-electron chi connectivity index (χ0n) is 20.6. The quantitative estimate of drug-likeness (QED) is 0.570. The highest BCUT2D eigenvalue weighted by molar-refractivity contribution is 5.82. The van der Waals surface area contributed by atoms with Crippen LogP contribution in [0.5, 0.6) is 5.75 Å². The van der Waals surface area contributed by atoms with E-state index in [0.29, 0.717) is 12.5 Å². The highest BCUT2D eigenvalue weighted by Gasteiger charge is 2.32. The Labute approximate surface area is 189 Å². The number of hydrogen-bond donors (Lipinski definition) is 1. The Bertz CT molecular complexity index is 730. The van der Waals surface area contributed by atoms with E-state index in [1.165, 1.54) is 5.57 Å². The summed E-state index contributed by atoms with van der Waals surface area (Å²) in [6, 6.07) is 8.24. The third-order valence-electron chi connectivity index (χ3n) is 5.49. The van der Waals surface area contributed by atoms with E-state index in [9.17, 15) is 4.79 Å². The summed E-state index contributed by atoms with van der Waals surface area (Å²) in [6.07, 6.45) is 3.94. The number of likely N-dealkylation sites (tertiary alicyclic amines) is 1. The second kappa shape index (κ2) is 11.0. The molecule has 2 unspecified atom stereocenters. The number of carbonyl (C=O) groups is 1. The number of amides is 1. The molecule has 5 nitrogen and oxygen atoms in total. The number of carbonyl (C=O) groups excluding carboxylic acids is 1. The lowest BCUT2D eigenvalue weighted by atomic mass is 9.99. The third-order valence-corrected chi connectivity index (χ3v) is 5.49. The van der Waals surface area contributed by atoms with Gasteiger partial charge in [0, 0.05) is 31.4 Å². The van der Waals surface area contributed by atoms with E-state index < -0.39 is 6.04 Å². The van der Waals surface area contributed by atoms with Gasteiger partial charge in [-0.25, -0.2) is 0 Å². The highest BCUT2D eigenvalue weighted by Crippen LogP contribution is 2.27. The second-order valence-corrected chi connectivity index (χ2v) is 10.7. The van der Waals surface area contributed by atoms with Gasteiger partial charge in [0.15, 0.2) is 0 Å². The van der Waals surface area contributed by atoms with Gasteiger partial charge in [0.05, 0.1) is 12.6 Å². The van der Waals surface area contributed by atoms with Crippen molar-refractivity contribution >= 4 is 11.6 Å². The van der Waals surface area contributed by atoms with Crippen molar-refractivity contribution in [2.45, 2.75) is 73.4 Å². The maximum Gasteiger partial charge on any atom is 0.239 e. The minimum Gasteiger partial charge on any atom is -0.493 e. The Morgan fingerprint density at radius 1 is 1.26 bits per heavy atom. The fourth-order valence-corrected chi connectivity index (χ4v) is 3.82. The molecule has 0 aliphatic carbocycles. The van der Waals surface area contributed by atoms with Gasteiger partial charge in [-0.2, -0.15) is 0 Å². The lowest BCUT2D eigenvalue weighted by Gasteiger charge is -2.31. The topological polar surface area (TPSA) is 58.8 Å². The van der Waals surface area contributed by atoms with Crippen LogP contribution in [0.1, 0.15) is 61.3 Å². The molecule has 31 heavy (non-hydrogen) atoms. The number of nitrogens with zero attached hydrogens (tertiary/aromatic N) is 2. The summed E-state index contributed by atoms with van der Waals surface area (Å²) in [6.45, 7) is 18.0. The first-order valence-electron chi connectivity index (χ1n) is 11.6. The molecule has 1 fully saturated rings. The number of nitrogens with two attached hydrogens (primary N) is 1. The summed E-state index contributed by atoms with van der Waals surface area (Å²) in [7, 11) is 0. The molecule has 0 spiro atoms. The van der Waals surface area contributed by atoms with E-state index >= 15 is 0 Å². The van der Waals surface area contributed by atoms with Crippen LogP contribution in [0.2, 0.25) is 0 Å². The Morgan fingerprint density at radius 3 is 2.45 bits per heavy atom. The Kier molecular flexibility index (Phi) is 8.99. The number of anilines is 1. The van der Waals surface area contributed by atoms with E-state index in [2.05, 4.69) is 71.6 Å². The molecule has 1 saturated heterocycles. The van der Waals surface area contributed by atoms with Crippen molar-refractivity contribution in [3.63, 3.8) is 0 Å². The van der Waals surface area contributed by atoms with Crippen LogP contribution in [0.4, 0.5) is 5.69 Å². The Hall–Kier alpha value is -2.01. The van der Waals surface area contributed by atoms with Gasteiger partial charge in [-0.3, -0.25) is 4.79 Å². The van der Waals surface area contributed by atoms with E-state index in [0.717, 1.165) is 43.9 Å². The van der Waals surface area contributed by atoms with Gasteiger partial charge in [-0.05, 0) is 62.3 Å². The minimum atomic E-state index is -0.399. The Balaban J connectivity index is 2.10. The fraction of sp³-hybridized carbons (Fsp3) is 0.654. The van der Waals surface area contributed by atoms with Crippen LogP contribution in [0.25, 0.3) is 0 Å². The van der Waals surface area contributed by atoms with Crippen molar-refractivity contribution in [3.8, 4) is 5.75 Å². The van der Waals surface area contributed by atoms with Crippen molar-refractivity contribution in [1.29, 1.82) is 0 Å². The Morgan fingerprint density at radius 2 is 1.90 bits per heavy atom. The molecule has 1 aromatic carbocycles. The maximum atomic E-state index is 12.8. The van der Waals surface area contributed by atoms with Crippen molar-refractivity contribution in [3.05, 3.63) is 35.9 Å². The van der Waals surface area contributed by atoms with Crippen LogP contribution in [0.3, 0.4) is 0 Å². The number of allylic oxidation sites excluding steroid dienone is 1. The summed E-state index contributed by atoms with van der Waals surface area (Å²) in [5.41, 5.74) is 8.76. The number of ether oxygens (including phenoxy) is 1. The number of rotatable bonds is 9. The molecule has 1 heterocycles. The van der Waals surface area contributed by atoms with Gasteiger partial charge < -0.3 is 20.3 Å². The van der Waals surface area contributed by atoms with Gasteiger partial charge in [0.25, 0.3) is 0 Å². The van der Waals surface area contributed by atoms with E-state index in [4.69, 9.17) is 10.5 Å². The lowest BCUT2D eigenvalue weighted by molar-refractivity contribution is -0.131. The average molecular weight is 430 g/mol. The molecule has 1 amide bonds. The minimum absolute atomic E-state index is 0.0873. The second-order valence-electron chi connectivity index (χ2n) is 10.7. The molecule has 5 heteroatoms. The highest BCUT2D eigenvalue weighted by atomic mass is 16.5. The predicted molar refractivity (Wildman–Crippen MR) is 131 cm³/mol. The molecule has 0 saturated carbocycles. The first-order valence-corrected chi connectivity index (χ1v) is 11.6. The zero-order chi connectivity index (χ0) is 23.2. The van der Waals surface area contributed by atoms with Gasteiger partial charge in [0.1, 0.15) is 5.75 Å². The molecule has 174 valence electrons. The molecule has 2 atom stereocenters. The zero-order valence-corrected chi connectivity index (χ0v) is 20.6. The van der Waals surface area contributed by atoms with Crippen LogP contribution < -0.4 is 15.4 Å². The SMILES string of the molecule is CC(C)=CCN(c1ccc(OCC(C)(C)C)cc1)C1CCN(C(=O)C(N)CC(C)C)C1. The van der Waals surface area contributed by atoms with Crippen molar-refractivity contribution in [2.24, 2.45) is 17.1 Å². The van der Waals surface area contributed by atoms with Gasteiger partial charge in [-0.1, -0.05) is 46.3 Å². The lowest BCUT2D eigenvalue weighted by Crippen LogP contribution is -2.45. The molecule has 0 aromatic heterocycles. The molecule has 0 radical (unpaired) electrons.